The molecule has 7 nitrogen and oxygen atoms in total. The van der Waals surface area contributed by atoms with Crippen LogP contribution in [0.1, 0.15) is 17.5 Å². The highest BCUT2D eigenvalue weighted by Crippen LogP contribution is 2.27. The molecule has 25 heavy (non-hydrogen) atoms. The molecule has 0 bridgehead atoms. The zero-order valence-corrected chi connectivity index (χ0v) is 12.3. The van der Waals surface area contributed by atoms with E-state index in [1.165, 1.54) is 30.3 Å². The minimum absolute atomic E-state index is 0.111. The van der Waals surface area contributed by atoms with Crippen LogP contribution in [-0.2, 0) is 0 Å². The largest absolute Gasteiger partial charge is 0.573 e. The molecule has 1 heterocycles. The number of aliphatic hydroxyl groups is 1. The summed E-state index contributed by atoms with van der Waals surface area (Å²) in [5.74, 6) is -0.302. The van der Waals surface area contributed by atoms with E-state index < -0.39 is 23.1 Å². The molecule has 0 spiro atoms. The number of H-pyrrole nitrogens is 1. The Labute approximate surface area is 137 Å². The summed E-state index contributed by atoms with van der Waals surface area (Å²) < 4.78 is 40.2. The maximum Gasteiger partial charge on any atom is 0.573 e. The van der Waals surface area contributed by atoms with E-state index >= 15 is 0 Å². The first kappa shape index (κ1) is 16.7. The highest BCUT2D eigenvalue weighted by molar-refractivity contribution is 5.77. The number of hydrogen-bond donors (Lipinski definition) is 2. The molecular weight excluding hydrogens is 343 g/mol. The van der Waals surface area contributed by atoms with E-state index in [1.54, 1.807) is 0 Å². The summed E-state index contributed by atoms with van der Waals surface area (Å²) in [6, 6.07) is 8.66. The van der Waals surface area contributed by atoms with Crippen LogP contribution in [0.25, 0.3) is 11.0 Å². The van der Waals surface area contributed by atoms with Crippen molar-refractivity contribution in [2.24, 2.45) is 0 Å². The number of non-ortho nitro benzene ring substituents is 1. The monoisotopic (exact) mass is 353 g/mol. The lowest BCUT2D eigenvalue weighted by Gasteiger charge is -2.11. The second-order valence-corrected chi connectivity index (χ2v) is 5.10. The Kier molecular flexibility index (Phi) is 4.05. The van der Waals surface area contributed by atoms with Gasteiger partial charge in [-0.2, -0.15) is 0 Å². The zero-order chi connectivity index (χ0) is 18.2. The van der Waals surface area contributed by atoms with Gasteiger partial charge in [-0.05, 0) is 23.8 Å². The molecule has 0 aliphatic carbocycles. The van der Waals surface area contributed by atoms with Gasteiger partial charge in [0, 0.05) is 12.1 Å². The van der Waals surface area contributed by atoms with Gasteiger partial charge in [-0.25, -0.2) is 4.98 Å². The van der Waals surface area contributed by atoms with Crippen molar-refractivity contribution < 1.29 is 27.9 Å². The maximum atomic E-state index is 12.1. The first-order valence-corrected chi connectivity index (χ1v) is 6.91. The summed E-state index contributed by atoms with van der Waals surface area (Å²) in [7, 11) is 0. The topological polar surface area (TPSA) is 101 Å². The van der Waals surface area contributed by atoms with Gasteiger partial charge in [0.25, 0.3) is 5.69 Å². The number of alkyl halides is 3. The molecule has 0 fully saturated rings. The van der Waals surface area contributed by atoms with Crippen molar-refractivity contribution >= 4 is 16.7 Å². The lowest BCUT2D eigenvalue weighted by atomic mass is 10.1. The van der Waals surface area contributed by atoms with Gasteiger partial charge in [-0.1, -0.05) is 12.1 Å². The van der Waals surface area contributed by atoms with Crippen molar-refractivity contribution in [1.29, 1.82) is 0 Å². The molecule has 0 saturated heterocycles. The van der Waals surface area contributed by atoms with E-state index in [1.807, 2.05) is 0 Å². The fourth-order valence-corrected chi connectivity index (χ4v) is 2.27. The number of nitrogens with one attached hydrogen (secondary N) is 1. The Morgan fingerprint density at radius 1 is 1.20 bits per heavy atom. The lowest BCUT2D eigenvalue weighted by molar-refractivity contribution is -0.384. The van der Waals surface area contributed by atoms with E-state index in [4.69, 9.17) is 0 Å². The van der Waals surface area contributed by atoms with Gasteiger partial charge in [-0.3, -0.25) is 10.1 Å². The van der Waals surface area contributed by atoms with Gasteiger partial charge < -0.3 is 14.8 Å². The molecule has 2 aromatic carbocycles. The van der Waals surface area contributed by atoms with Crippen LogP contribution >= 0.6 is 0 Å². The normalized spacial score (nSPS) is 13.0. The maximum absolute atomic E-state index is 12.1. The number of nitro groups is 1. The number of fused-ring (bicyclic) bond motifs is 1. The van der Waals surface area contributed by atoms with Crippen LogP contribution in [0.15, 0.2) is 42.5 Å². The molecule has 3 rings (SSSR count). The molecule has 0 saturated carbocycles. The fraction of sp³-hybridized carbons (Fsp3) is 0.133. The third kappa shape index (κ3) is 3.69. The van der Waals surface area contributed by atoms with Gasteiger partial charge in [0.05, 0.1) is 16.0 Å². The molecule has 3 aromatic rings. The molecule has 2 N–H and O–H groups in total. The summed E-state index contributed by atoms with van der Waals surface area (Å²) >= 11 is 0. The summed E-state index contributed by atoms with van der Waals surface area (Å²) in [5, 5.41) is 21.1. The SMILES string of the molecule is O=[N+]([O-])c1ccc2nc(C(O)c3ccc(OC(F)(F)F)cc3)[nH]c2c1. The van der Waals surface area contributed by atoms with E-state index in [0.717, 1.165) is 12.1 Å². The van der Waals surface area contributed by atoms with Crippen LogP contribution in [0.4, 0.5) is 18.9 Å². The predicted octanol–water partition coefficient (Wildman–Crippen LogP) is 3.45. The number of nitrogens with zero attached hydrogens (tertiary/aromatic N) is 2. The van der Waals surface area contributed by atoms with E-state index in [0.29, 0.717) is 11.0 Å². The second-order valence-electron chi connectivity index (χ2n) is 5.10. The number of hydrogen-bond acceptors (Lipinski definition) is 5. The summed E-state index contributed by atoms with van der Waals surface area (Å²) in [4.78, 5) is 17.1. The van der Waals surface area contributed by atoms with Crippen LogP contribution in [0.3, 0.4) is 0 Å². The highest BCUT2D eigenvalue weighted by Gasteiger charge is 2.31. The third-order valence-corrected chi connectivity index (χ3v) is 3.38. The van der Waals surface area contributed by atoms with Gasteiger partial charge in [0.1, 0.15) is 17.7 Å². The Hall–Kier alpha value is -3.14. The number of aromatic nitrogens is 2. The number of imidazole rings is 1. The summed E-state index contributed by atoms with van der Waals surface area (Å²) in [5.41, 5.74) is 0.922. The molecular formula is C15H10F3N3O4. The zero-order valence-electron chi connectivity index (χ0n) is 12.3. The Bertz CT molecular complexity index is 922. The third-order valence-electron chi connectivity index (χ3n) is 3.38. The first-order chi connectivity index (χ1) is 11.7. The van der Waals surface area contributed by atoms with Crippen molar-refractivity contribution in [2.45, 2.75) is 12.5 Å². The molecule has 10 heteroatoms. The Morgan fingerprint density at radius 2 is 1.88 bits per heavy atom. The number of ether oxygens (including phenoxy) is 1. The van der Waals surface area contributed by atoms with Crippen molar-refractivity contribution in [1.82, 2.24) is 9.97 Å². The number of rotatable bonds is 4. The number of aromatic amines is 1. The molecule has 130 valence electrons. The number of halogens is 3. The summed E-state index contributed by atoms with van der Waals surface area (Å²) in [6.07, 6.45) is -6.04. The molecule has 0 aliphatic rings. The number of benzene rings is 2. The van der Waals surface area contributed by atoms with Crippen LogP contribution < -0.4 is 4.74 Å². The van der Waals surface area contributed by atoms with Crippen LogP contribution in [0, 0.1) is 10.1 Å². The quantitative estimate of drug-likeness (QED) is 0.553. The number of aliphatic hydroxyl groups excluding tert-OH is 1. The molecule has 0 aliphatic heterocycles. The van der Waals surface area contributed by atoms with Crippen molar-refractivity contribution in [3.8, 4) is 5.75 Å². The number of nitro benzene ring substituents is 1. The van der Waals surface area contributed by atoms with Gasteiger partial charge in [0.2, 0.25) is 0 Å². The van der Waals surface area contributed by atoms with Crippen molar-refractivity contribution in [3.63, 3.8) is 0 Å². The molecule has 0 radical (unpaired) electrons. The highest BCUT2D eigenvalue weighted by atomic mass is 19.4. The fourth-order valence-electron chi connectivity index (χ4n) is 2.27. The molecule has 1 atom stereocenters. The summed E-state index contributed by atoms with van der Waals surface area (Å²) in [6.45, 7) is 0. The van der Waals surface area contributed by atoms with Gasteiger partial charge >= 0.3 is 6.36 Å². The Morgan fingerprint density at radius 3 is 2.48 bits per heavy atom. The second kappa shape index (κ2) is 6.06. The van der Waals surface area contributed by atoms with Crippen molar-refractivity contribution in [3.05, 3.63) is 64.0 Å². The van der Waals surface area contributed by atoms with Gasteiger partial charge in [0.15, 0.2) is 0 Å². The minimum atomic E-state index is -4.80. The molecule has 1 unspecified atom stereocenters. The standard InChI is InChI=1S/C15H10F3N3O4/c16-15(17,18)25-10-4-1-8(2-5-10)13(22)14-19-11-6-3-9(21(23)24)7-12(11)20-14/h1-7,13,22H,(H,19,20). The molecule has 0 amide bonds. The van der Waals surface area contributed by atoms with Crippen LogP contribution in [0.2, 0.25) is 0 Å². The van der Waals surface area contributed by atoms with E-state index in [9.17, 15) is 28.4 Å². The van der Waals surface area contributed by atoms with Gasteiger partial charge in [-0.15, -0.1) is 13.2 Å². The Balaban J connectivity index is 1.86. The van der Waals surface area contributed by atoms with Crippen molar-refractivity contribution in [2.75, 3.05) is 0 Å². The van der Waals surface area contributed by atoms with E-state index in [2.05, 4.69) is 14.7 Å². The average Bonchev–Trinajstić information content (AvgIpc) is 2.96. The van der Waals surface area contributed by atoms with E-state index in [-0.39, 0.29) is 17.1 Å². The predicted molar refractivity (Wildman–Crippen MR) is 79.9 cm³/mol. The lowest BCUT2D eigenvalue weighted by Crippen LogP contribution is -2.17. The van der Waals surface area contributed by atoms with Crippen LogP contribution in [-0.4, -0.2) is 26.4 Å². The van der Waals surface area contributed by atoms with Crippen LogP contribution in [0.5, 0.6) is 5.75 Å². The first-order valence-electron chi connectivity index (χ1n) is 6.91. The molecule has 1 aromatic heterocycles. The average molecular weight is 353 g/mol. The minimum Gasteiger partial charge on any atom is -0.406 e. The smallest absolute Gasteiger partial charge is 0.406 e.